The normalized spacial score (nSPS) is 17.6. The number of anilines is 2. The number of hydrogen-bond acceptors (Lipinski definition) is 4. The average Bonchev–Trinajstić information content (AvgIpc) is 3.02. The molecule has 1 heterocycles. The second-order valence-electron chi connectivity index (χ2n) is 8.12. The van der Waals surface area contributed by atoms with Crippen LogP contribution in [0.15, 0.2) is 42.5 Å². The van der Waals surface area contributed by atoms with Gasteiger partial charge in [0.1, 0.15) is 0 Å². The summed E-state index contributed by atoms with van der Waals surface area (Å²) in [5.74, 6) is 0.397. The lowest BCUT2D eigenvalue weighted by Gasteiger charge is -2.20. The molecule has 1 saturated carbocycles. The molecule has 0 radical (unpaired) electrons. The van der Waals surface area contributed by atoms with Crippen molar-refractivity contribution in [1.82, 2.24) is 0 Å². The Morgan fingerprint density at radius 2 is 1.62 bits per heavy atom. The Hall–Kier alpha value is -3.02. The number of benzene rings is 2. The van der Waals surface area contributed by atoms with Crippen LogP contribution in [0.4, 0.5) is 11.4 Å². The third-order valence-electron chi connectivity index (χ3n) is 5.28. The van der Waals surface area contributed by atoms with E-state index in [9.17, 15) is 9.59 Å². The highest BCUT2D eigenvalue weighted by molar-refractivity contribution is 6.05. The molecule has 1 aliphatic heterocycles. The lowest BCUT2D eigenvalue weighted by Crippen LogP contribution is -2.29. The fourth-order valence-corrected chi connectivity index (χ4v) is 3.85. The fraction of sp³-hybridized carbons (Fsp3) is 0.391. The van der Waals surface area contributed by atoms with Crippen LogP contribution >= 0.6 is 0 Å². The summed E-state index contributed by atoms with van der Waals surface area (Å²) in [5, 5.41) is 5.83. The van der Waals surface area contributed by atoms with E-state index in [1.54, 1.807) is 42.5 Å². The van der Waals surface area contributed by atoms with Gasteiger partial charge in [0.25, 0.3) is 5.91 Å². The van der Waals surface area contributed by atoms with Gasteiger partial charge in [-0.2, -0.15) is 0 Å². The van der Waals surface area contributed by atoms with Crippen molar-refractivity contribution in [2.45, 2.75) is 51.7 Å². The van der Waals surface area contributed by atoms with Gasteiger partial charge >= 0.3 is 0 Å². The van der Waals surface area contributed by atoms with Gasteiger partial charge < -0.3 is 20.1 Å². The maximum Gasteiger partial charge on any atom is 0.255 e. The Morgan fingerprint density at radius 1 is 0.897 bits per heavy atom. The molecule has 2 aromatic carbocycles. The number of hydrogen-bond donors (Lipinski definition) is 2. The first kappa shape index (κ1) is 19.3. The van der Waals surface area contributed by atoms with Crippen LogP contribution in [0.2, 0.25) is 0 Å². The van der Waals surface area contributed by atoms with Crippen LogP contribution < -0.4 is 20.1 Å². The van der Waals surface area contributed by atoms with Gasteiger partial charge in [-0.3, -0.25) is 9.59 Å². The van der Waals surface area contributed by atoms with E-state index in [1.807, 2.05) is 13.8 Å². The molecule has 2 aliphatic rings. The van der Waals surface area contributed by atoms with Crippen LogP contribution in [0.1, 0.15) is 56.3 Å². The summed E-state index contributed by atoms with van der Waals surface area (Å²) in [6.07, 6.45) is 5.29. The number of ether oxygens (including phenoxy) is 2. The van der Waals surface area contributed by atoms with Crippen molar-refractivity contribution >= 4 is 23.2 Å². The van der Waals surface area contributed by atoms with Gasteiger partial charge in [0, 0.05) is 42.8 Å². The molecular formula is C23H26N2O4. The van der Waals surface area contributed by atoms with Gasteiger partial charge in [-0.05, 0) is 43.2 Å². The van der Waals surface area contributed by atoms with Crippen molar-refractivity contribution < 1.29 is 19.1 Å². The first-order valence-corrected chi connectivity index (χ1v) is 10.1. The molecular weight excluding hydrogens is 368 g/mol. The Balaban J connectivity index is 1.42. The number of carbonyl (C=O) groups excluding carboxylic acids is 2. The molecule has 0 unspecified atom stereocenters. The van der Waals surface area contributed by atoms with E-state index in [1.165, 1.54) is 6.42 Å². The van der Waals surface area contributed by atoms with Crippen LogP contribution in [-0.4, -0.2) is 17.6 Å². The van der Waals surface area contributed by atoms with E-state index in [0.29, 0.717) is 28.4 Å². The van der Waals surface area contributed by atoms with Crippen LogP contribution in [0, 0.1) is 5.92 Å². The van der Waals surface area contributed by atoms with Crippen LogP contribution in [-0.2, 0) is 4.79 Å². The summed E-state index contributed by atoms with van der Waals surface area (Å²) in [4.78, 5) is 25.1. The SMILES string of the molecule is CC1(C)Oc2ccc(NC(=O)c3cccc(NC(=O)C4CCCCC4)c3)cc2O1. The predicted molar refractivity (Wildman–Crippen MR) is 111 cm³/mol. The van der Waals surface area contributed by atoms with Crippen molar-refractivity contribution in [3.63, 3.8) is 0 Å². The van der Waals surface area contributed by atoms with Gasteiger partial charge in [-0.25, -0.2) is 0 Å². The Bertz CT molecular complexity index is 932. The van der Waals surface area contributed by atoms with Crippen molar-refractivity contribution in [3.8, 4) is 11.5 Å². The summed E-state index contributed by atoms with van der Waals surface area (Å²) in [6.45, 7) is 3.66. The number of nitrogens with one attached hydrogen (secondary N) is 2. The van der Waals surface area contributed by atoms with Crippen LogP contribution in [0.3, 0.4) is 0 Å². The van der Waals surface area contributed by atoms with Gasteiger partial charge in [-0.15, -0.1) is 0 Å². The minimum absolute atomic E-state index is 0.0423. The molecule has 0 aromatic heterocycles. The van der Waals surface area contributed by atoms with Gasteiger partial charge in [0.2, 0.25) is 11.7 Å². The minimum atomic E-state index is -0.712. The van der Waals surface area contributed by atoms with E-state index in [4.69, 9.17) is 9.47 Å². The number of rotatable bonds is 4. The van der Waals surface area contributed by atoms with E-state index in [0.717, 1.165) is 25.7 Å². The summed E-state index contributed by atoms with van der Waals surface area (Å²) in [6, 6.07) is 12.3. The molecule has 2 N–H and O–H groups in total. The molecule has 2 aromatic rings. The third kappa shape index (κ3) is 4.53. The average molecular weight is 394 g/mol. The molecule has 1 aliphatic carbocycles. The molecule has 4 rings (SSSR count). The molecule has 1 fully saturated rings. The highest BCUT2D eigenvalue weighted by Gasteiger charge is 2.31. The molecule has 0 saturated heterocycles. The smallest absolute Gasteiger partial charge is 0.255 e. The summed E-state index contributed by atoms with van der Waals surface area (Å²) in [5.41, 5.74) is 1.73. The molecule has 6 nitrogen and oxygen atoms in total. The number of amides is 2. The first-order valence-electron chi connectivity index (χ1n) is 10.1. The Kier molecular flexibility index (Phi) is 5.18. The molecule has 152 valence electrons. The van der Waals surface area contributed by atoms with Crippen molar-refractivity contribution in [2.75, 3.05) is 10.6 Å². The van der Waals surface area contributed by atoms with Gasteiger partial charge in [0.15, 0.2) is 11.5 Å². The van der Waals surface area contributed by atoms with Gasteiger partial charge in [-0.1, -0.05) is 25.3 Å². The zero-order valence-electron chi connectivity index (χ0n) is 16.8. The summed E-state index contributed by atoms with van der Waals surface area (Å²) < 4.78 is 11.4. The Morgan fingerprint density at radius 3 is 2.41 bits per heavy atom. The molecule has 0 bridgehead atoms. The maximum atomic E-state index is 12.7. The lowest BCUT2D eigenvalue weighted by molar-refractivity contribution is -0.120. The molecule has 29 heavy (non-hydrogen) atoms. The second kappa shape index (κ2) is 7.78. The highest BCUT2D eigenvalue weighted by atomic mass is 16.7. The highest BCUT2D eigenvalue weighted by Crippen LogP contribution is 2.40. The molecule has 0 spiro atoms. The van der Waals surface area contributed by atoms with E-state index in [-0.39, 0.29) is 17.7 Å². The van der Waals surface area contributed by atoms with Crippen LogP contribution in [0.5, 0.6) is 11.5 Å². The second-order valence-corrected chi connectivity index (χ2v) is 8.12. The monoisotopic (exact) mass is 394 g/mol. The van der Waals surface area contributed by atoms with E-state index >= 15 is 0 Å². The molecule has 0 atom stereocenters. The molecule has 6 heteroatoms. The Labute approximate surface area is 170 Å². The van der Waals surface area contributed by atoms with Crippen LogP contribution in [0.25, 0.3) is 0 Å². The minimum Gasteiger partial charge on any atom is -0.449 e. The van der Waals surface area contributed by atoms with Crippen molar-refractivity contribution in [1.29, 1.82) is 0 Å². The largest absolute Gasteiger partial charge is 0.449 e. The zero-order chi connectivity index (χ0) is 20.4. The van der Waals surface area contributed by atoms with Crippen molar-refractivity contribution in [2.24, 2.45) is 5.92 Å². The zero-order valence-corrected chi connectivity index (χ0v) is 16.8. The number of fused-ring (bicyclic) bond motifs is 1. The summed E-state index contributed by atoms with van der Waals surface area (Å²) >= 11 is 0. The van der Waals surface area contributed by atoms with Crippen molar-refractivity contribution in [3.05, 3.63) is 48.0 Å². The standard InChI is InChI=1S/C23H26N2O4/c1-23(2)28-19-12-11-18(14-20(19)29-23)25-22(27)16-9-6-10-17(13-16)24-21(26)15-7-4-3-5-8-15/h6,9-15H,3-5,7-8H2,1-2H3,(H,24,26)(H,25,27). The van der Waals surface area contributed by atoms with E-state index in [2.05, 4.69) is 10.6 Å². The topological polar surface area (TPSA) is 76.7 Å². The predicted octanol–water partition coefficient (Wildman–Crippen LogP) is 4.97. The number of carbonyl (C=O) groups is 2. The fourth-order valence-electron chi connectivity index (χ4n) is 3.85. The third-order valence-corrected chi connectivity index (χ3v) is 5.28. The quantitative estimate of drug-likeness (QED) is 0.768. The first-order chi connectivity index (χ1) is 13.9. The lowest BCUT2D eigenvalue weighted by atomic mass is 9.88. The van der Waals surface area contributed by atoms with Gasteiger partial charge in [0.05, 0.1) is 0 Å². The molecule has 2 amide bonds. The maximum absolute atomic E-state index is 12.7. The summed E-state index contributed by atoms with van der Waals surface area (Å²) in [7, 11) is 0. The van der Waals surface area contributed by atoms with E-state index < -0.39 is 5.79 Å².